The molecule has 0 spiro atoms. The lowest BCUT2D eigenvalue weighted by Crippen LogP contribution is -2.38. The SMILES string of the molecule is CCCCCCCCCCCCCCCC(C)C(=O)NCCNC(=O)C(C)CCCCCCCCCCCCCCC. The predicted molar refractivity (Wildman–Crippen MR) is 185 cm³/mol. The minimum Gasteiger partial charge on any atom is -0.354 e. The van der Waals surface area contributed by atoms with Crippen LogP contribution in [0.1, 0.15) is 207 Å². The van der Waals surface area contributed by atoms with E-state index in [9.17, 15) is 9.59 Å². The first-order valence-corrected chi connectivity index (χ1v) is 19.1. The average Bonchev–Trinajstić information content (AvgIpc) is 2.99. The second-order valence-electron chi connectivity index (χ2n) is 13.4. The van der Waals surface area contributed by atoms with Crippen LogP contribution in [-0.2, 0) is 9.59 Å². The molecule has 0 saturated heterocycles. The molecule has 0 radical (unpaired) electrons. The molecule has 0 aromatic carbocycles. The first-order valence-electron chi connectivity index (χ1n) is 19.1. The van der Waals surface area contributed by atoms with Gasteiger partial charge in [-0.15, -0.1) is 0 Å². The van der Waals surface area contributed by atoms with Gasteiger partial charge in [0.1, 0.15) is 0 Å². The van der Waals surface area contributed by atoms with E-state index in [1.807, 2.05) is 13.8 Å². The van der Waals surface area contributed by atoms with Crippen molar-refractivity contribution in [2.75, 3.05) is 13.1 Å². The second kappa shape index (κ2) is 32.8. The summed E-state index contributed by atoms with van der Waals surface area (Å²) < 4.78 is 0. The molecule has 0 aromatic rings. The van der Waals surface area contributed by atoms with Crippen molar-refractivity contribution < 1.29 is 9.59 Å². The Morgan fingerprint density at radius 1 is 0.381 bits per heavy atom. The van der Waals surface area contributed by atoms with Gasteiger partial charge in [-0.2, -0.15) is 0 Å². The zero-order valence-corrected chi connectivity index (χ0v) is 29.2. The quantitative estimate of drug-likeness (QED) is 0.0745. The van der Waals surface area contributed by atoms with Crippen molar-refractivity contribution in [1.82, 2.24) is 10.6 Å². The van der Waals surface area contributed by atoms with Crippen LogP contribution in [0.2, 0.25) is 0 Å². The van der Waals surface area contributed by atoms with Gasteiger partial charge in [-0.1, -0.05) is 195 Å². The van der Waals surface area contributed by atoms with E-state index in [0.717, 1.165) is 25.7 Å². The van der Waals surface area contributed by atoms with E-state index < -0.39 is 0 Å². The van der Waals surface area contributed by atoms with E-state index in [4.69, 9.17) is 0 Å². The molecule has 2 atom stereocenters. The summed E-state index contributed by atoms with van der Waals surface area (Å²) in [6.07, 6.45) is 37.1. The van der Waals surface area contributed by atoms with Gasteiger partial charge < -0.3 is 10.6 Å². The number of amides is 2. The van der Waals surface area contributed by atoms with E-state index >= 15 is 0 Å². The molecule has 0 saturated carbocycles. The van der Waals surface area contributed by atoms with Crippen molar-refractivity contribution in [2.45, 2.75) is 207 Å². The van der Waals surface area contributed by atoms with Crippen molar-refractivity contribution in [2.24, 2.45) is 11.8 Å². The van der Waals surface area contributed by atoms with Crippen LogP contribution in [0.15, 0.2) is 0 Å². The fourth-order valence-corrected chi connectivity index (χ4v) is 5.92. The third-order valence-corrected chi connectivity index (χ3v) is 9.10. The standard InChI is InChI=1S/C38H76N2O2/c1-5-7-9-11-13-15-17-19-21-23-25-27-29-31-35(3)37(41)39-33-34-40-38(42)36(4)32-30-28-26-24-22-20-18-16-14-12-10-8-6-2/h35-36H,5-34H2,1-4H3,(H,39,41)(H,40,42). The topological polar surface area (TPSA) is 58.2 Å². The average molecular weight is 593 g/mol. The molecule has 42 heavy (non-hydrogen) atoms. The summed E-state index contributed by atoms with van der Waals surface area (Å²) in [5, 5.41) is 6.03. The molecule has 0 heterocycles. The smallest absolute Gasteiger partial charge is 0.222 e. The van der Waals surface area contributed by atoms with Crippen LogP contribution in [0.4, 0.5) is 0 Å². The number of carbonyl (C=O) groups is 2. The molecule has 4 nitrogen and oxygen atoms in total. The van der Waals surface area contributed by atoms with Crippen molar-refractivity contribution in [3.63, 3.8) is 0 Å². The predicted octanol–water partition coefficient (Wildman–Crippen LogP) is 11.5. The Kier molecular flexibility index (Phi) is 32.0. The summed E-state index contributed by atoms with van der Waals surface area (Å²) >= 11 is 0. The van der Waals surface area contributed by atoms with E-state index in [-0.39, 0.29) is 23.7 Å². The van der Waals surface area contributed by atoms with Crippen LogP contribution in [0, 0.1) is 11.8 Å². The third-order valence-electron chi connectivity index (χ3n) is 9.10. The van der Waals surface area contributed by atoms with Gasteiger partial charge in [0.25, 0.3) is 0 Å². The molecular formula is C38H76N2O2. The first-order chi connectivity index (χ1) is 20.5. The zero-order valence-electron chi connectivity index (χ0n) is 29.2. The Balaban J connectivity index is 3.51. The van der Waals surface area contributed by atoms with Gasteiger partial charge in [0.05, 0.1) is 0 Å². The maximum Gasteiger partial charge on any atom is 0.222 e. The van der Waals surface area contributed by atoms with Gasteiger partial charge >= 0.3 is 0 Å². The Bertz CT molecular complexity index is 529. The Hall–Kier alpha value is -1.06. The number of rotatable bonds is 33. The molecule has 0 aliphatic rings. The number of hydrogen-bond donors (Lipinski definition) is 2. The molecule has 0 aliphatic heterocycles. The van der Waals surface area contributed by atoms with Crippen LogP contribution >= 0.6 is 0 Å². The van der Waals surface area contributed by atoms with Crippen LogP contribution in [0.5, 0.6) is 0 Å². The van der Waals surface area contributed by atoms with Gasteiger partial charge in [0.2, 0.25) is 11.8 Å². The largest absolute Gasteiger partial charge is 0.354 e. The fraction of sp³-hybridized carbons (Fsp3) is 0.947. The lowest BCUT2D eigenvalue weighted by molar-refractivity contribution is -0.126. The van der Waals surface area contributed by atoms with Crippen LogP contribution in [0.25, 0.3) is 0 Å². The number of hydrogen-bond acceptors (Lipinski definition) is 2. The first kappa shape index (κ1) is 40.9. The van der Waals surface area contributed by atoms with E-state index in [2.05, 4.69) is 24.5 Å². The summed E-state index contributed by atoms with van der Waals surface area (Å²) in [5.74, 6) is 0.372. The van der Waals surface area contributed by atoms with Gasteiger partial charge in [0, 0.05) is 24.9 Å². The molecule has 250 valence electrons. The van der Waals surface area contributed by atoms with Gasteiger partial charge in [0.15, 0.2) is 0 Å². The highest BCUT2D eigenvalue weighted by atomic mass is 16.2. The zero-order chi connectivity index (χ0) is 30.9. The maximum absolute atomic E-state index is 12.4. The monoisotopic (exact) mass is 593 g/mol. The molecule has 2 N–H and O–H groups in total. The van der Waals surface area contributed by atoms with Gasteiger partial charge in [-0.25, -0.2) is 0 Å². The summed E-state index contributed by atoms with van der Waals surface area (Å²) in [5.41, 5.74) is 0. The number of carbonyl (C=O) groups excluding carboxylic acids is 2. The van der Waals surface area contributed by atoms with Crippen LogP contribution < -0.4 is 10.6 Å². The van der Waals surface area contributed by atoms with Crippen molar-refractivity contribution in [3.05, 3.63) is 0 Å². The van der Waals surface area contributed by atoms with Crippen molar-refractivity contribution >= 4 is 11.8 Å². The molecule has 2 unspecified atom stereocenters. The third kappa shape index (κ3) is 29.0. The summed E-state index contributed by atoms with van der Waals surface area (Å²) in [6, 6.07) is 0. The van der Waals surface area contributed by atoms with Crippen molar-refractivity contribution in [1.29, 1.82) is 0 Å². The maximum atomic E-state index is 12.4. The highest BCUT2D eigenvalue weighted by Gasteiger charge is 2.14. The lowest BCUT2D eigenvalue weighted by atomic mass is 10.00. The molecule has 0 rings (SSSR count). The Morgan fingerprint density at radius 2 is 0.595 bits per heavy atom. The van der Waals surface area contributed by atoms with Gasteiger partial charge in [-0.3, -0.25) is 9.59 Å². The molecule has 0 aromatic heterocycles. The molecule has 2 amide bonds. The normalized spacial score (nSPS) is 12.8. The summed E-state index contributed by atoms with van der Waals surface area (Å²) in [7, 11) is 0. The summed E-state index contributed by atoms with van der Waals surface area (Å²) in [4.78, 5) is 24.8. The molecular weight excluding hydrogens is 516 g/mol. The molecule has 0 aliphatic carbocycles. The molecule has 0 bridgehead atoms. The second-order valence-corrected chi connectivity index (χ2v) is 13.4. The highest BCUT2D eigenvalue weighted by molar-refractivity contribution is 5.79. The minimum absolute atomic E-state index is 0.0582. The summed E-state index contributed by atoms with van der Waals surface area (Å²) in [6.45, 7) is 9.68. The van der Waals surface area contributed by atoms with E-state index in [1.165, 1.54) is 154 Å². The molecule has 4 heteroatoms. The van der Waals surface area contributed by atoms with Crippen LogP contribution in [-0.4, -0.2) is 24.9 Å². The van der Waals surface area contributed by atoms with E-state index in [1.54, 1.807) is 0 Å². The number of nitrogens with one attached hydrogen (secondary N) is 2. The van der Waals surface area contributed by atoms with Gasteiger partial charge in [-0.05, 0) is 12.8 Å². The number of unbranched alkanes of at least 4 members (excludes halogenated alkanes) is 24. The highest BCUT2D eigenvalue weighted by Crippen LogP contribution is 2.16. The lowest BCUT2D eigenvalue weighted by Gasteiger charge is -2.14. The minimum atomic E-state index is 0.0582. The fourth-order valence-electron chi connectivity index (χ4n) is 5.92. The van der Waals surface area contributed by atoms with Crippen LogP contribution in [0.3, 0.4) is 0 Å². The Morgan fingerprint density at radius 3 is 0.833 bits per heavy atom. The molecule has 0 fully saturated rings. The van der Waals surface area contributed by atoms with Crippen molar-refractivity contribution in [3.8, 4) is 0 Å². The van der Waals surface area contributed by atoms with E-state index in [0.29, 0.717) is 13.1 Å². The Labute approximate surface area is 264 Å².